The van der Waals surface area contributed by atoms with E-state index in [-0.39, 0.29) is 17.6 Å². The number of carbonyl (C=O) groups is 2. The summed E-state index contributed by atoms with van der Waals surface area (Å²) in [5.74, 6) is -0.353. The van der Waals surface area contributed by atoms with E-state index >= 15 is 0 Å². The monoisotopic (exact) mass is 246 g/mol. The highest BCUT2D eigenvalue weighted by Gasteiger charge is 2.22. The number of nitrogens with zero attached hydrogens (tertiary/aromatic N) is 1. The molecule has 4 nitrogen and oxygen atoms in total. The van der Waals surface area contributed by atoms with Crippen LogP contribution in [0.15, 0.2) is 18.2 Å². The Bertz CT molecular complexity index is 497. The first-order valence-electron chi connectivity index (χ1n) is 6.17. The van der Waals surface area contributed by atoms with Gasteiger partial charge >= 0.3 is 0 Å². The molecule has 2 rings (SSSR count). The van der Waals surface area contributed by atoms with Gasteiger partial charge in [-0.05, 0) is 37.1 Å². The zero-order valence-electron chi connectivity index (χ0n) is 10.8. The fourth-order valence-corrected chi connectivity index (χ4v) is 2.30. The molecule has 1 heterocycles. The van der Waals surface area contributed by atoms with Gasteiger partial charge in [-0.15, -0.1) is 0 Å². The van der Waals surface area contributed by atoms with Gasteiger partial charge in [0.05, 0.1) is 5.92 Å². The Hall–Kier alpha value is -1.84. The van der Waals surface area contributed by atoms with Gasteiger partial charge in [-0.1, -0.05) is 6.92 Å². The number of primary amides is 1. The molecule has 0 bridgehead atoms. The first-order valence-corrected chi connectivity index (χ1v) is 6.17. The molecule has 1 aliphatic heterocycles. The number of ketones is 1. The second-order valence-corrected chi connectivity index (χ2v) is 4.90. The summed E-state index contributed by atoms with van der Waals surface area (Å²) in [4.78, 5) is 24.6. The topological polar surface area (TPSA) is 63.4 Å². The molecular weight excluding hydrogens is 228 g/mol. The van der Waals surface area contributed by atoms with Crippen LogP contribution in [0.4, 0.5) is 5.69 Å². The summed E-state index contributed by atoms with van der Waals surface area (Å²) in [5, 5.41) is 0. The zero-order valence-corrected chi connectivity index (χ0v) is 10.8. The van der Waals surface area contributed by atoms with Crippen molar-refractivity contribution >= 4 is 17.4 Å². The number of amides is 1. The molecule has 18 heavy (non-hydrogen) atoms. The van der Waals surface area contributed by atoms with Crippen LogP contribution in [0.5, 0.6) is 0 Å². The van der Waals surface area contributed by atoms with Gasteiger partial charge < -0.3 is 10.6 Å². The minimum atomic E-state index is -0.274. The van der Waals surface area contributed by atoms with Crippen molar-refractivity contribution in [3.05, 3.63) is 29.3 Å². The van der Waals surface area contributed by atoms with E-state index in [4.69, 9.17) is 5.73 Å². The Kier molecular flexibility index (Phi) is 3.36. The van der Waals surface area contributed by atoms with E-state index in [0.29, 0.717) is 6.54 Å². The molecule has 1 atom stereocenters. The second-order valence-electron chi connectivity index (χ2n) is 4.90. The number of hydrogen-bond acceptors (Lipinski definition) is 3. The average Bonchev–Trinajstić information content (AvgIpc) is 2.71. The van der Waals surface area contributed by atoms with Gasteiger partial charge in [0, 0.05) is 24.3 Å². The second kappa shape index (κ2) is 4.80. The van der Waals surface area contributed by atoms with Crippen molar-refractivity contribution in [1.29, 1.82) is 0 Å². The van der Waals surface area contributed by atoms with Gasteiger partial charge in [-0.3, -0.25) is 9.59 Å². The summed E-state index contributed by atoms with van der Waals surface area (Å²) in [6.07, 6.45) is 0.919. The summed E-state index contributed by atoms with van der Waals surface area (Å²) >= 11 is 0. The van der Waals surface area contributed by atoms with Crippen LogP contribution in [0.2, 0.25) is 0 Å². The lowest BCUT2D eigenvalue weighted by molar-refractivity contribution is -0.121. The summed E-state index contributed by atoms with van der Waals surface area (Å²) in [5.41, 5.74) is 8.33. The fraction of sp³-hybridized carbons (Fsp3) is 0.429. The maximum Gasteiger partial charge on any atom is 0.222 e. The van der Waals surface area contributed by atoms with E-state index < -0.39 is 0 Å². The average molecular weight is 246 g/mol. The Labute approximate surface area is 107 Å². The molecule has 0 radical (unpaired) electrons. The van der Waals surface area contributed by atoms with Crippen molar-refractivity contribution in [2.75, 3.05) is 18.0 Å². The number of fused-ring (bicyclic) bond motifs is 1. The molecule has 1 aromatic rings. The third-order valence-corrected chi connectivity index (χ3v) is 3.46. The van der Waals surface area contributed by atoms with E-state index in [2.05, 4.69) is 4.90 Å². The highest BCUT2D eigenvalue weighted by atomic mass is 16.1. The number of hydrogen-bond donors (Lipinski definition) is 1. The van der Waals surface area contributed by atoms with Gasteiger partial charge in [0.1, 0.15) is 0 Å². The number of anilines is 1. The summed E-state index contributed by atoms with van der Waals surface area (Å²) in [6.45, 7) is 4.93. The summed E-state index contributed by atoms with van der Waals surface area (Å²) < 4.78 is 0. The summed E-state index contributed by atoms with van der Waals surface area (Å²) in [7, 11) is 0. The van der Waals surface area contributed by atoms with Crippen LogP contribution in [0.1, 0.15) is 29.8 Å². The Morgan fingerprint density at radius 1 is 1.44 bits per heavy atom. The standard InChI is InChI=1S/C14H18N2O2/c1-9(14(15)18)8-16-6-5-12-7-11(10(2)17)3-4-13(12)16/h3-4,7,9H,5-6,8H2,1-2H3,(H2,15,18). The van der Waals surface area contributed by atoms with E-state index in [1.807, 2.05) is 25.1 Å². The molecule has 4 heteroatoms. The van der Waals surface area contributed by atoms with E-state index in [1.165, 1.54) is 5.56 Å². The van der Waals surface area contributed by atoms with Gasteiger partial charge in [0.15, 0.2) is 5.78 Å². The molecule has 1 aromatic carbocycles. The van der Waals surface area contributed by atoms with E-state index in [0.717, 1.165) is 24.2 Å². The van der Waals surface area contributed by atoms with Crippen LogP contribution in [-0.2, 0) is 11.2 Å². The Morgan fingerprint density at radius 2 is 2.17 bits per heavy atom. The lowest BCUT2D eigenvalue weighted by Gasteiger charge is -2.22. The number of carbonyl (C=O) groups excluding carboxylic acids is 2. The Balaban J connectivity index is 2.19. The molecule has 1 unspecified atom stereocenters. The summed E-state index contributed by atoms with van der Waals surface area (Å²) in [6, 6.07) is 5.76. The first-order chi connectivity index (χ1) is 8.49. The Morgan fingerprint density at radius 3 is 2.78 bits per heavy atom. The van der Waals surface area contributed by atoms with E-state index in [9.17, 15) is 9.59 Å². The molecule has 2 N–H and O–H groups in total. The molecular formula is C14H18N2O2. The molecule has 0 saturated carbocycles. The van der Waals surface area contributed by atoms with Gasteiger partial charge in [0.25, 0.3) is 0 Å². The van der Waals surface area contributed by atoms with Crippen molar-refractivity contribution in [1.82, 2.24) is 0 Å². The minimum absolute atomic E-state index is 0.0850. The molecule has 0 aromatic heterocycles. The van der Waals surface area contributed by atoms with Crippen molar-refractivity contribution < 1.29 is 9.59 Å². The highest BCUT2D eigenvalue weighted by molar-refractivity contribution is 5.95. The molecule has 1 aliphatic rings. The molecule has 1 amide bonds. The highest BCUT2D eigenvalue weighted by Crippen LogP contribution is 2.29. The largest absolute Gasteiger partial charge is 0.370 e. The molecule has 0 spiro atoms. The van der Waals surface area contributed by atoms with Crippen LogP contribution >= 0.6 is 0 Å². The third kappa shape index (κ3) is 2.37. The molecule has 0 fully saturated rings. The molecule has 0 saturated heterocycles. The maximum absolute atomic E-state index is 11.3. The van der Waals surface area contributed by atoms with Crippen molar-refractivity contribution in [3.8, 4) is 0 Å². The van der Waals surface area contributed by atoms with Crippen LogP contribution in [-0.4, -0.2) is 24.8 Å². The molecule has 0 aliphatic carbocycles. The predicted octanol–water partition coefficient (Wildman–Crippen LogP) is 1.37. The van der Waals surface area contributed by atoms with Crippen LogP contribution in [0.25, 0.3) is 0 Å². The fourth-order valence-electron chi connectivity index (χ4n) is 2.30. The van der Waals surface area contributed by atoms with Crippen LogP contribution in [0.3, 0.4) is 0 Å². The smallest absolute Gasteiger partial charge is 0.222 e. The van der Waals surface area contributed by atoms with Crippen LogP contribution < -0.4 is 10.6 Å². The number of benzene rings is 1. The van der Waals surface area contributed by atoms with Crippen molar-refractivity contribution in [2.24, 2.45) is 11.7 Å². The first kappa shape index (κ1) is 12.6. The third-order valence-electron chi connectivity index (χ3n) is 3.46. The lowest BCUT2D eigenvalue weighted by atomic mass is 10.1. The van der Waals surface area contributed by atoms with Gasteiger partial charge in [-0.2, -0.15) is 0 Å². The predicted molar refractivity (Wildman–Crippen MR) is 70.7 cm³/mol. The maximum atomic E-state index is 11.3. The van der Waals surface area contributed by atoms with Crippen molar-refractivity contribution in [2.45, 2.75) is 20.3 Å². The normalized spacial score (nSPS) is 15.3. The quantitative estimate of drug-likeness (QED) is 0.816. The lowest BCUT2D eigenvalue weighted by Crippen LogP contribution is -2.33. The van der Waals surface area contributed by atoms with Gasteiger partial charge in [0.2, 0.25) is 5.91 Å². The van der Waals surface area contributed by atoms with Crippen LogP contribution in [0, 0.1) is 5.92 Å². The number of rotatable bonds is 4. The van der Waals surface area contributed by atoms with Gasteiger partial charge in [-0.25, -0.2) is 0 Å². The number of nitrogens with two attached hydrogens (primary N) is 1. The SMILES string of the molecule is CC(=O)c1ccc2c(c1)CCN2CC(C)C(N)=O. The zero-order chi connectivity index (χ0) is 13.3. The van der Waals surface area contributed by atoms with E-state index in [1.54, 1.807) is 6.92 Å². The van der Waals surface area contributed by atoms with Crippen molar-refractivity contribution in [3.63, 3.8) is 0 Å². The minimum Gasteiger partial charge on any atom is -0.370 e. The molecule has 96 valence electrons. The number of Topliss-reactive ketones (excluding diaryl/α,β-unsaturated/α-hetero) is 1.